The molecule has 7 heteroatoms. The number of nitrogens with one attached hydrogen (secondary N) is 1. The lowest BCUT2D eigenvalue weighted by Crippen LogP contribution is -2.08. The average Bonchev–Trinajstić information content (AvgIpc) is 2.85. The van der Waals surface area contributed by atoms with Crippen molar-refractivity contribution in [2.45, 2.75) is 12.8 Å². The molecule has 0 aliphatic heterocycles. The van der Waals surface area contributed by atoms with Gasteiger partial charge < -0.3 is 19.5 Å². The first-order chi connectivity index (χ1) is 9.26. The first kappa shape index (κ1) is 15.9. The highest BCUT2D eigenvalue weighted by molar-refractivity contribution is 7.13. The van der Waals surface area contributed by atoms with E-state index in [1.807, 2.05) is 5.38 Å². The van der Waals surface area contributed by atoms with Crippen LogP contribution in [0.4, 0.5) is 5.13 Å². The number of carbonyl (C=O) groups excluding carboxylic acids is 1. The van der Waals surface area contributed by atoms with Gasteiger partial charge in [0, 0.05) is 25.6 Å². The van der Waals surface area contributed by atoms with E-state index in [1.54, 1.807) is 7.11 Å². The molecule has 0 aliphatic carbocycles. The van der Waals surface area contributed by atoms with Crippen molar-refractivity contribution in [2.75, 3.05) is 45.9 Å². The molecule has 0 aliphatic rings. The second-order valence-corrected chi connectivity index (χ2v) is 4.64. The van der Waals surface area contributed by atoms with E-state index in [0.29, 0.717) is 19.8 Å². The summed E-state index contributed by atoms with van der Waals surface area (Å²) in [6.45, 7) is 2.72. The number of anilines is 1. The van der Waals surface area contributed by atoms with Crippen molar-refractivity contribution in [1.29, 1.82) is 0 Å². The van der Waals surface area contributed by atoms with Gasteiger partial charge in [-0.15, -0.1) is 11.3 Å². The zero-order chi connectivity index (χ0) is 13.9. The third kappa shape index (κ3) is 7.09. The minimum atomic E-state index is -0.275. The Morgan fingerprint density at radius 1 is 1.37 bits per heavy atom. The highest BCUT2D eigenvalue weighted by Crippen LogP contribution is 2.15. The summed E-state index contributed by atoms with van der Waals surface area (Å²) in [6.07, 6.45) is 1.12. The van der Waals surface area contributed by atoms with Gasteiger partial charge in [0.2, 0.25) is 0 Å². The van der Waals surface area contributed by atoms with E-state index in [1.165, 1.54) is 18.4 Å². The van der Waals surface area contributed by atoms with Crippen molar-refractivity contribution in [3.8, 4) is 0 Å². The van der Waals surface area contributed by atoms with Crippen molar-refractivity contribution in [3.05, 3.63) is 11.1 Å². The van der Waals surface area contributed by atoms with E-state index in [9.17, 15) is 4.79 Å². The summed E-state index contributed by atoms with van der Waals surface area (Å²) in [5.74, 6) is -0.275. The fourth-order valence-electron chi connectivity index (χ4n) is 1.30. The van der Waals surface area contributed by atoms with Gasteiger partial charge >= 0.3 is 5.97 Å². The zero-order valence-electron chi connectivity index (χ0n) is 11.3. The molecule has 1 aromatic rings. The van der Waals surface area contributed by atoms with Crippen molar-refractivity contribution in [1.82, 2.24) is 4.98 Å². The van der Waals surface area contributed by atoms with Crippen molar-refractivity contribution >= 4 is 22.4 Å². The van der Waals surface area contributed by atoms with Crippen LogP contribution in [-0.2, 0) is 25.4 Å². The Hall–Kier alpha value is -1.18. The van der Waals surface area contributed by atoms with Gasteiger partial charge in [0.1, 0.15) is 0 Å². The minimum absolute atomic E-state index is 0.217. The van der Waals surface area contributed by atoms with Gasteiger partial charge in [-0.3, -0.25) is 4.79 Å². The first-order valence-electron chi connectivity index (χ1n) is 6.08. The maximum atomic E-state index is 11.1. The molecule has 0 aromatic carbocycles. The maximum Gasteiger partial charge on any atom is 0.311 e. The first-order valence-corrected chi connectivity index (χ1v) is 6.96. The number of rotatable bonds is 10. The summed E-state index contributed by atoms with van der Waals surface area (Å²) in [4.78, 5) is 15.4. The van der Waals surface area contributed by atoms with Gasteiger partial charge in [-0.2, -0.15) is 0 Å². The van der Waals surface area contributed by atoms with E-state index in [2.05, 4.69) is 15.0 Å². The van der Waals surface area contributed by atoms with E-state index in [4.69, 9.17) is 9.47 Å². The normalized spacial score (nSPS) is 10.4. The van der Waals surface area contributed by atoms with Crippen LogP contribution in [0.1, 0.15) is 12.1 Å². The highest BCUT2D eigenvalue weighted by Gasteiger charge is 2.07. The van der Waals surface area contributed by atoms with Crippen molar-refractivity contribution in [3.63, 3.8) is 0 Å². The summed E-state index contributed by atoms with van der Waals surface area (Å²) < 4.78 is 14.8. The molecule has 1 heterocycles. The SMILES string of the molecule is COCCOCCCNc1nc(CC(=O)OC)cs1. The summed E-state index contributed by atoms with van der Waals surface area (Å²) in [6, 6.07) is 0. The maximum absolute atomic E-state index is 11.1. The molecule has 0 fully saturated rings. The second-order valence-electron chi connectivity index (χ2n) is 3.78. The predicted octanol–water partition coefficient (Wildman–Crippen LogP) is 1.32. The lowest BCUT2D eigenvalue weighted by molar-refractivity contribution is -0.139. The third-order valence-corrected chi connectivity index (χ3v) is 3.13. The smallest absolute Gasteiger partial charge is 0.311 e. The molecule has 0 amide bonds. The standard InChI is InChI=1S/C12H20N2O4S/c1-16-6-7-18-5-3-4-13-12-14-10(9-19-12)8-11(15)17-2/h9H,3-8H2,1-2H3,(H,13,14). The van der Waals surface area contributed by atoms with Crippen LogP contribution in [0.2, 0.25) is 0 Å². The molecule has 6 nitrogen and oxygen atoms in total. The Bertz CT molecular complexity index is 370. The van der Waals surface area contributed by atoms with Crippen LogP contribution >= 0.6 is 11.3 Å². The number of ether oxygens (including phenoxy) is 3. The molecule has 108 valence electrons. The fourth-order valence-corrected chi connectivity index (χ4v) is 2.04. The molecule has 1 aromatic heterocycles. The summed E-state index contributed by atoms with van der Waals surface area (Å²) >= 11 is 1.48. The van der Waals surface area contributed by atoms with Crippen LogP contribution in [0.5, 0.6) is 0 Å². The number of hydrogen-bond acceptors (Lipinski definition) is 7. The fraction of sp³-hybridized carbons (Fsp3) is 0.667. The second kappa shape index (κ2) is 9.71. The number of carbonyl (C=O) groups is 1. The molecule has 1 N–H and O–H groups in total. The van der Waals surface area contributed by atoms with Gasteiger partial charge in [0.05, 0.1) is 32.4 Å². The summed E-state index contributed by atoms with van der Waals surface area (Å²) in [5.41, 5.74) is 0.732. The summed E-state index contributed by atoms with van der Waals surface area (Å²) in [7, 11) is 3.02. The Morgan fingerprint density at radius 2 is 2.21 bits per heavy atom. The van der Waals surface area contributed by atoms with Gasteiger partial charge in [-0.1, -0.05) is 0 Å². The van der Waals surface area contributed by atoms with Gasteiger partial charge in [0.25, 0.3) is 0 Å². The molecule has 0 saturated carbocycles. The molecule has 19 heavy (non-hydrogen) atoms. The lowest BCUT2D eigenvalue weighted by Gasteiger charge is -2.04. The Kier molecular flexibility index (Phi) is 8.11. The number of nitrogens with zero attached hydrogens (tertiary/aromatic N) is 1. The molecule has 1 rings (SSSR count). The molecular formula is C12H20N2O4S. The molecule has 0 bridgehead atoms. The van der Waals surface area contributed by atoms with E-state index in [-0.39, 0.29) is 12.4 Å². The zero-order valence-corrected chi connectivity index (χ0v) is 12.1. The predicted molar refractivity (Wildman–Crippen MR) is 73.6 cm³/mol. The largest absolute Gasteiger partial charge is 0.469 e. The summed E-state index contributed by atoms with van der Waals surface area (Å²) in [5, 5.41) is 5.86. The highest BCUT2D eigenvalue weighted by atomic mass is 32.1. The van der Waals surface area contributed by atoms with Crippen LogP contribution in [0.3, 0.4) is 0 Å². The Balaban J connectivity index is 2.11. The van der Waals surface area contributed by atoms with Crippen LogP contribution < -0.4 is 5.32 Å². The minimum Gasteiger partial charge on any atom is -0.469 e. The van der Waals surface area contributed by atoms with Crippen molar-refractivity contribution in [2.24, 2.45) is 0 Å². The topological polar surface area (TPSA) is 69.7 Å². The number of hydrogen-bond donors (Lipinski definition) is 1. The average molecular weight is 288 g/mol. The van der Waals surface area contributed by atoms with Gasteiger partial charge in [0.15, 0.2) is 5.13 Å². The van der Waals surface area contributed by atoms with Gasteiger partial charge in [-0.05, 0) is 6.42 Å². The molecule has 0 saturated heterocycles. The van der Waals surface area contributed by atoms with Gasteiger partial charge in [-0.25, -0.2) is 4.98 Å². The number of thiazole rings is 1. The molecule has 0 atom stereocenters. The van der Waals surface area contributed by atoms with Crippen LogP contribution in [0.15, 0.2) is 5.38 Å². The van der Waals surface area contributed by atoms with Crippen LogP contribution in [0.25, 0.3) is 0 Å². The van der Waals surface area contributed by atoms with Crippen molar-refractivity contribution < 1.29 is 19.0 Å². The Labute approximate surface area is 117 Å². The molecular weight excluding hydrogens is 268 g/mol. The number of aromatic nitrogens is 1. The molecule has 0 spiro atoms. The van der Waals surface area contributed by atoms with Crippen LogP contribution in [-0.4, -0.2) is 51.5 Å². The van der Waals surface area contributed by atoms with Crippen LogP contribution in [0, 0.1) is 0 Å². The van der Waals surface area contributed by atoms with E-state index in [0.717, 1.165) is 23.8 Å². The lowest BCUT2D eigenvalue weighted by atomic mass is 10.3. The molecule has 0 unspecified atom stereocenters. The monoisotopic (exact) mass is 288 g/mol. The molecule has 0 radical (unpaired) electrons. The van der Waals surface area contributed by atoms with E-state index >= 15 is 0 Å². The number of esters is 1. The quantitative estimate of drug-likeness (QED) is 0.517. The number of methoxy groups -OCH3 is 2. The van der Waals surface area contributed by atoms with E-state index < -0.39 is 0 Å². The third-order valence-electron chi connectivity index (χ3n) is 2.28. The Morgan fingerprint density at radius 3 is 2.95 bits per heavy atom.